The number of nitrogens with zero attached hydrogens (tertiary/aromatic N) is 2. The molecular weight excluding hydrogens is 194 g/mol. The smallest absolute Gasteiger partial charge is 0.328 e. The minimum Gasteiger partial charge on any atom is -0.468 e. The molecule has 0 spiro atoms. The fourth-order valence-electron chi connectivity index (χ4n) is 0.997. The highest BCUT2D eigenvalue weighted by Gasteiger charge is 2.22. The summed E-state index contributed by atoms with van der Waals surface area (Å²) in [7, 11) is 2.98. The molecule has 1 aromatic rings. The van der Waals surface area contributed by atoms with Crippen LogP contribution in [0.1, 0.15) is 11.7 Å². The van der Waals surface area contributed by atoms with Gasteiger partial charge in [0.05, 0.1) is 19.1 Å². The summed E-state index contributed by atoms with van der Waals surface area (Å²) in [5, 5.41) is 0.223. The van der Waals surface area contributed by atoms with Gasteiger partial charge in [0.1, 0.15) is 6.04 Å². The molecule has 6 heteroatoms. The normalized spacial score (nSPS) is 12.6. The van der Waals surface area contributed by atoms with Gasteiger partial charge in [-0.25, -0.2) is 9.78 Å². The molecule has 0 aliphatic carbocycles. The molecule has 0 fully saturated rings. The topological polar surface area (TPSA) is 70.1 Å². The Morgan fingerprint density at radius 1 is 1.85 bits per heavy atom. The molecule has 1 unspecified atom stereocenters. The number of halogens is 1. The molecule has 13 heavy (non-hydrogen) atoms. The molecule has 0 bridgehead atoms. The first kappa shape index (κ1) is 10.0. The van der Waals surface area contributed by atoms with Crippen molar-refractivity contribution in [2.24, 2.45) is 12.8 Å². The van der Waals surface area contributed by atoms with Gasteiger partial charge in [-0.3, -0.25) is 0 Å². The summed E-state index contributed by atoms with van der Waals surface area (Å²) in [6.45, 7) is 0. The van der Waals surface area contributed by atoms with Crippen LogP contribution in [0.5, 0.6) is 0 Å². The van der Waals surface area contributed by atoms with E-state index >= 15 is 0 Å². The number of nitrogens with two attached hydrogens (primary N) is 1. The zero-order valence-electron chi connectivity index (χ0n) is 7.32. The zero-order chi connectivity index (χ0) is 10.0. The van der Waals surface area contributed by atoms with Crippen LogP contribution in [-0.4, -0.2) is 22.6 Å². The molecule has 0 aliphatic heterocycles. The highest BCUT2D eigenvalue weighted by Crippen LogP contribution is 2.19. The average molecular weight is 204 g/mol. The first-order valence-corrected chi connectivity index (χ1v) is 3.95. The minimum atomic E-state index is -0.884. The van der Waals surface area contributed by atoms with Crippen molar-refractivity contribution in [3.63, 3.8) is 0 Å². The number of esters is 1. The lowest BCUT2D eigenvalue weighted by molar-refractivity contribution is -0.142. The SMILES string of the molecule is COC(=O)C(N)c1c(Cl)ncn1C. The van der Waals surface area contributed by atoms with Crippen LogP contribution in [0.3, 0.4) is 0 Å². The number of rotatable bonds is 2. The van der Waals surface area contributed by atoms with Gasteiger partial charge in [-0.2, -0.15) is 0 Å². The minimum absolute atomic E-state index is 0.223. The molecule has 2 N–H and O–H groups in total. The van der Waals surface area contributed by atoms with Gasteiger partial charge in [0.2, 0.25) is 0 Å². The van der Waals surface area contributed by atoms with Crippen LogP contribution in [0.25, 0.3) is 0 Å². The lowest BCUT2D eigenvalue weighted by atomic mass is 10.2. The number of aryl methyl sites for hydroxylation is 1. The number of carbonyl (C=O) groups is 1. The quantitative estimate of drug-likeness (QED) is 0.700. The Labute approximate surface area is 80.4 Å². The Hall–Kier alpha value is -1.07. The van der Waals surface area contributed by atoms with Crippen LogP contribution in [-0.2, 0) is 16.6 Å². The number of hydrogen-bond donors (Lipinski definition) is 1. The van der Waals surface area contributed by atoms with Gasteiger partial charge in [0.25, 0.3) is 0 Å². The predicted octanol–water partition coefficient (Wildman–Crippen LogP) is 0.246. The Morgan fingerprint density at radius 3 is 2.85 bits per heavy atom. The van der Waals surface area contributed by atoms with Crippen LogP contribution < -0.4 is 5.73 Å². The summed E-state index contributed by atoms with van der Waals surface area (Å²) < 4.78 is 6.07. The largest absolute Gasteiger partial charge is 0.468 e. The molecule has 1 rings (SSSR count). The highest BCUT2D eigenvalue weighted by molar-refractivity contribution is 6.30. The first-order chi connectivity index (χ1) is 6.07. The number of aromatic nitrogens is 2. The van der Waals surface area contributed by atoms with E-state index in [2.05, 4.69) is 9.72 Å². The van der Waals surface area contributed by atoms with Crippen molar-refractivity contribution in [1.82, 2.24) is 9.55 Å². The van der Waals surface area contributed by atoms with Gasteiger partial charge in [-0.15, -0.1) is 0 Å². The van der Waals surface area contributed by atoms with Crippen molar-refractivity contribution >= 4 is 17.6 Å². The second kappa shape index (κ2) is 3.76. The van der Waals surface area contributed by atoms with E-state index in [0.29, 0.717) is 5.69 Å². The van der Waals surface area contributed by atoms with Crippen molar-refractivity contribution in [1.29, 1.82) is 0 Å². The van der Waals surface area contributed by atoms with Crippen LogP contribution >= 0.6 is 11.6 Å². The summed E-state index contributed by atoms with van der Waals surface area (Å²) in [6.07, 6.45) is 1.49. The van der Waals surface area contributed by atoms with E-state index in [4.69, 9.17) is 17.3 Å². The maximum Gasteiger partial charge on any atom is 0.328 e. The Kier molecular flexibility index (Phi) is 2.90. The highest BCUT2D eigenvalue weighted by atomic mass is 35.5. The monoisotopic (exact) mass is 203 g/mol. The fraction of sp³-hybridized carbons (Fsp3) is 0.429. The summed E-state index contributed by atoms with van der Waals surface area (Å²) in [6, 6.07) is -0.884. The summed E-state index contributed by atoms with van der Waals surface area (Å²) in [5.74, 6) is -0.537. The fourth-order valence-corrected chi connectivity index (χ4v) is 1.29. The number of imidazole rings is 1. The van der Waals surface area contributed by atoms with Crippen LogP contribution in [0.4, 0.5) is 0 Å². The second-order valence-electron chi connectivity index (χ2n) is 2.53. The van der Waals surface area contributed by atoms with Crippen molar-refractivity contribution < 1.29 is 9.53 Å². The van der Waals surface area contributed by atoms with E-state index < -0.39 is 12.0 Å². The van der Waals surface area contributed by atoms with E-state index in [-0.39, 0.29) is 5.15 Å². The number of hydrogen-bond acceptors (Lipinski definition) is 4. The van der Waals surface area contributed by atoms with Crippen LogP contribution in [0, 0.1) is 0 Å². The predicted molar refractivity (Wildman–Crippen MR) is 47.2 cm³/mol. The Balaban J connectivity index is 3.00. The summed E-state index contributed by atoms with van der Waals surface area (Å²) in [5.41, 5.74) is 6.03. The third kappa shape index (κ3) is 1.81. The molecule has 0 radical (unpaired) electrons. The lowest BCUT2D eigenvalue weighted by Crippen LogP contribution is -2.24. The lowest BCUT2D eigenvalue weighted by Gasteiger charge is -2.09. The molecular formula is C7H10ClN3O2. The molecule has 1 heterocycles. The number of methoxy groups -OCH3 is 1. The van der Waals surface area contributed by atoms with Gasteiger partial charge >= 0.3 is 5.97 Å². The molecule has 0 aliphatic rings. The van der Waals surface area contributed by atoms with E-state index in [1.807, 2.05) is 0 Å². The van der Waals surface area contributed by atoms with Gasteiger partial charge < -0.3 is 15.0 Å². The summed E-state index contributed by atoms with van der Waals surface area (Å²) in [4.78, 5) is 14.9. The maximum absolute atomic E-state index is 11.1. The van der Waals surface area contributed by atoms with Gasteiger partial charge in [0.15, 0.2) is 5.15 Å². The molecule has 72 valence electrons. The second-order valence-corrected chi connectivity index (χ2v) is 2.89. The first-order valence-electron chi connectivity index (χ1n) is 3.58. The van der Waals surface area contributed by atoms with E-state index in [9.17, 15) is 4.79 Å². The van der Waals surface area contributed by atoms with Gasteiger partial charge in [-0.1, -0.05) is 11.6 Å². The standard InChI is InChI=1S/C7H10ClN3O2/c1-11-3-10-6(8)5(11)4(9)7(12)13-2/h3-4H,9H2,1-2H3. The Bertz CT molecular complexity index is 304. The van der Waals surface area contributed by atoms with E-state index in [1.165, 1.54) is 13.4 Å². The van der Waals surface area contributed by atoms with E-state index in [0.717, 1.165) is 0 Å². The van der Waals surface area contributed by atoms with Gasteiger partial charge in [-0.05, 0) is 0 Å². The molecule has 1 atom stereocenters. The number of ether oxygens (including phenoxy) is 1. The third-order valence-corrected chi connectivity index (χ3v) is 1.98. The van der Waals surface area contributed by atoms with Crippen molar-refractivity contribution in [2.45, 2.75) is 6.04 Å². The third-order valence-electron chi connectivity index (χ3n) is 1.69. The molecule has 1 aromatic heterocycles. The zero-order valence-corrected chi connectivity index (χ0v) is 8.08. The van der Waals surface area contributed by atoms with Gasteiger partial charge in [0, 0.05) is 7.05 Å². The molecule has 5 nitrogen and oxygen atoms in total. The van der Waals surface area contributed by atoms with Crippen molar-refractivity contribution in [3.05, 3.63) is 17.2 Å². The number of carbonyl (C=O) groups excluding carboxylic acids is 1. The van der Waals surface area contributed by atoms with Crippen molar-refractivity contribution in [2.75, 3.05) is 7.11 Å². The van der Waals surface area contributed by atoms with Crippen molar-refractivity contribution in [3.8, 4) is 0 Å². The Morgan fingerprint density at radius 2 is 2.46 bits per heavy atom. The molecule has 0 saturated heterocycles. The summed E-state index contributed by atoms with van der Waals surface area (Å²) >= 11 is 5.72. The maximum atomic E-state index is 11.1. The van der Waals surface area contributed by atoms with E-state index in [1.54, 1.807) is 11.6 Å². The van der Waals surface area contributed by atoms with Crippen LogP contribution in [0.2, 0.25) is 5.15 Å². The van der Waals surface area contributed by atoms with Crippen LogP contribution in [0.15, 0.2) is 6.33 Å². The molecule has 0 aromatic carbocycles. The molecule has 0 saturated carbocycles. The molecule has 0 amide bonds. The average Bonchev–Trinajstić information content (AvgIpc) is 2.44.